The second kappa shape index (κ2) is 44.9. The average Bonchev–Trinajstić information content (AvgIpc) is 0.770. The number of hydrogen-bond acceptors (Lipinski definition) is 6. The molecule has 0 aliphatic carbocycles. The summed E-state index contributed by atoms with van der Waals surface area (Å²) in [5, 5.41) is 9.70. The molecule has 688 valence electrons. The number of para-hydroxylation sites is 4. The van der Waals surface area contributed by atoms with Crippen LogP contribution in [0.25, 0.3) is 87.6 Å². The Labute approximate surface area is 859 Å². The molecule has 0 spiro atoms. The Morgan fingerprint density at radius 3 is 0.415 bits per heavy atom. The monoisotopic (exact) mass is 2020 g/mol. The van der Waals surface area contributed by atoms with Gasteiger partial charge in [-0.15, -0.1) is 0 Å². The third-order valence-electron chi connectivity index (χ3n) is 25.1. The molecule has 0 aliphatic heterocycles. The normalized spacial score (nSPS) is 10.8. The van der Waals surface area contributed by atoms with E-state index >= 15 is 0 Å². The van der Waals surface area contributed by atoms with E-state index in [4.69, 9.17) is 0 Å². The Morgan fingerprint density at radius 1 is 0.0986 bits per heavy atom. The predicted molar refractivity (Wildman–Crippen MR) is 622 cm³/mol. The van der Waals surface area contributed by atoms with Gasteiger partial charge in [-0.05, 0) is 288 Å². The van der Waals surface area contributed by atoms with Crippen molar-refractivity contribution in [2.45, 2.75) is 22.3 Å². The average molecular weight is 2030 g/mol. The first-order chi connectivity index (χ1) is 68.6. The van der Waals surface area contributed by atoms with E-state index < -0.39 is 0 Å². The second-order valence-corrected chi connectivity index (χ2v) is 36.9. The van der Waals surface area contributed by atoms with E-state index in [2.05, 4.69) is 617 Å². The third kappa shape index (κ3) is 21.7. The fraction of sp³-hybridized carbons (Fsp3) is 0.0226. The van der Waals surface area contributed by atoms with Crippen LogP contribution in [0.4, 0.5) is 102 Å². The van der Waals surface area contributed by atoms with Crippen molar-refractivity contribution in [2.75, 3.05) is 29.4 Å². The zero-order chi connectivity index (χ0) is 93.6. The van der Waals surface area contributed by atoms with Gasteiger partial charge in [0.2, 0.25) is 0 Å². The Hall–Kier alpha value is -16.7. The molecule has 0 saturated carbocycles. The van der Waals surface area contributed by atoms with E-state index in [0.717, 1.165) is 116 Å². The van der Waals surface area contributed by atoms with Gasteiger partial charge < -0.3 is 29.4 Å². The number of anilines is 18. The van der Waals surface area contributed by atoms with Crippen molar-refractivity contribution < 1.29 is 0 Å². The van der Waals surface area contributed by atoms with Crippen molar-refractivity contribution >= 4 is 193 Å². The molecule has 0 N–H and O–H groups in total. The summed E-state index contributed by atoms with van der Waals surface area (Å²) < 4.78 is 3.00. The highest BCUT2D eigenvalue weighted by Gasteiger charge is 2.25. The molecule has 23 aromatic carbocycles. The minimum Gasteiger partial charge on any atom is -0.310 e. The van der Waals surface area contributed by atoms with Crippen LogP contribution < -0.4 is 29.4 Å². The highest BCUT2D eigenvalue weighted by Crippen LogP contribution is 2.49. The molecule has 142 heavy (non-hydrogen) atoms. The maximum absolute atomic E-state index is 3.96. The van der Waals surface area contributed by atoms with Crippen LogP contribution in [0.3, 0.4) is 0 Å². The summed E-state index contributed by atoms with van der Waals surface area (Å²) in [7, 11) is 0. The van der Waals surface area contributed by atoms with Gasteiger partial charge in [0.1, 0.15) is 0 Å². The SMILES string of the molecule is Brc1cc(N(c2ccc(-c3ccccc3)cc2)c2ccc(-c3ccccc3)cc2)cc(N(c2ccc(-c3ccccc3)cc2)c2ccc(-c3ccccc3)cc2)c1.Brc1cc(N(c2ccc3ccccc3c2)c2ccc3ccccc3c2)cc(N(c2ccc3ccccc3c2)c2ccc3ccccc3c2)c1.Brc1cc(N(c2ccccc2)c2ccccc2)cc(N(c2ccccc2)c2ccccc2)c1.C.C.C. The number of rotatable bonds is 22. The number of fused-ring (bicyclic) bond motifs is 4. The Balaban J connectivity index is 0.000000144. The molecule has 0 bridgehead atoms. The molecule has 23 rings (SSSR count). The smallest absolute Gasteiger partial charge is 0.0493 e. The van der Waals surface area contributed by atoms with Crippen molar-refractivity contribution in [1.29, 1.82) is 0 Å². The molecule has 0 heterocycles. The fourth-order valence-electron chi connectivity index (χ4n) is 18.4. The van der Waals surface area contributed by atoms with Crippen LogP contribution in [0.1, 0.15) is 22.3 Å². The van der Waals surface area contributed by atoms with Crippen molar-refractivity contribution in [1.82, 2.24) is 0 Å². The van der Waals surface area contributed by atoms with E-state index in [1.165, 1.54) is 87.6 Å². The molecule has 0 saturated heterocycles. The molecular weight excluding hydrogens is 1920 g/mol. The largest absolute Gasteiger partial charge is 0.310 e. The summed E-state index contributed by atoms with van der Waals surface area (Å²) >= 11 is 11.7. The van der Waals surface area contributed by atoms with E-state index in [0.29, 0.717) is 0 Å². The summed E-state index contributed by atoms with van der Waals surface area (Å²) in [5.41, 5.74) is 28.9. The minimum atomic E-state index is 0. The van der Waals surface area contributed by atoms with Gasteiger partial charge in [0, 0.05) is 116 Å². The molecule has 0 aliphatic rings. The third-order valence-corrected chi connectivity index (χ3v) is 26.5. The zero-order valence-electron chi connectivity index (χ0n) is 76.0. The van der Waals surface area contributed by atoms with E-state index in [1.807, 2.05) is 24.3 Å². The maximum Gasteiger partial charge on any atom is 0.0493 e. The van der Waals surface area contributed by atoms with Crippen molar-refractivity contribution in [3.05, 3.63) is 578 Å². The summed E-state index contributed by atoms with van der Waals surface area (Å²) in [6.07, 6.45) is 0. The molecule has 0 fully saturated rings. The van der Waals surface area contributed by atoms with Crippen LogP contribution in [0.15, 0.2) is 578 Å². The van der Waals surface area contributed by atoms with Gasteiger partial charge in [0.05, 0.1) is 0 Å². The maximum atomic E-state index is 3.96. The van der Waals surface area contributed by atoms with E-state index in [-0.39, 0.29) is 22.3 Å². The standard InChI is InChI=1S/C54H39BrN2.C46H31BrN2.C30H23BrN2.3CH4/c55-48-37-53(56(49-29-21-44(22-30-49)40-13-5-1-6-14-40)50-31-23-45(24-32-50)41-15-7-2-8-16-41)39-54(38-48)57(51-33-25-46(26-34-51)42-17-9-3-10-18-42)52-35-27-47(28-36-52)43-19-11-4-12-20-43;47-40-29-45(48(41-21-17-32-9-1-5-13-36(32)25-41)42-22-18-33-10-2-6-14-37(33)26-42)31-46(30-40)49(43-23-19-34-11-3-7-15-38(34)27-43)44-24-20-35-12-4-8-16-39(35)28-44;31-24-21-29(32(25-13-5-1-6-14-25)26-15-7-2-8-16-26)23-30(22-24)33(27-17-9-3-10-18-27)28-19-11-4-12-20-28;;;/h1-39H;1-31H;1-23H;3*1H4. The molecule has 0 unspecified atom stereocenters. The van der Waals surface area contributed by atoms with Crippen molar-refractivity contribution in [3.63, 3.8) is 0 Å². The first-order valence-corrected chi connectivity index (χ1v) is 49.0. The molecule has 23 aromatic rings. The van der Waals surface area contributed by atoms with Gasteiger partial charge >= 0.3 is 0 Å². The molecule has 0 aromatic heterocycles. The lowest BCUT2D eigenvalue weighted by molar-refractivity contribution is 1.24. The van der Waals surface area contributed by atoms with Crippen LogP contribution in [0.5, 0.6) is 0 Å². The van der Waals surface area contributed by atoms with Crippen LogP contribution >= 0.6 is 47.8 Å². The summed E-state index contributed by atoms with van der Waals surface area (Å²) in [5.74, 6) is 0. The number of benzene rings is 23. The van der Waals surface area contributed by atoms with Gasteiger partial charge in [-0.3, -0.25) is 0 Å². The van der Waals surface area contributed by atoms with Gasteiger partial charge in [0.15, 0.2) is 0 Å². The van der Waals surface area contributed by atoms with Gasteiger partial charge in [-0.2, -0.15) is 0 Å². The summed E-state index contributed by atoms with van der Waals surface area (Å²) in [4.78, 5) is 14.0. The van der Waals surface area contributed by atoms with E-state index in [1.54, 1.807) is 0 Å². The number of hydrogen-bond donors (Lipinski definition) is 0. The highest BCUT2D eigenvalue weighted by atomic mass is 79.9. The fourth-order valence-corrected chi connectivity index (χ4v) is 19.8. The molecule has 9 heteroatoms. The lowest BCUT2D eigenvalue weighted by Crippen LogP contribution is -2.13. The minimum absolute atomic E-state index is 0. The first kappa shape index (κ1) is 95.6. The van der Waals surface area contributed by atoms with Gasteiger partial charge in [-0.1, -0.05) is 434 Å². The number of nitrogens with zero attached hydrogens (tertiary/aromatic N) is 6. The molecule has 0 radical (unpaired) electrons. The topological polar surface area (TPSA) is 19.4 Å². The first-order valence-electron chi connectivity index (χ1n) is 46.6. The second-order valence-electron chi connectivity index (χ2n) is 34.1. The zero-order valence-corrected chi connectivity index (χ0v) is 80.8. The Bertz CT molecular complexity index is 7260. The van der Waals surface area contributed by atoms with Crippen molar-refractivity contribution in [3.8, 4) is 44.5 Å². The predicted octanol–water partition coefficient (Wildman–Crippen LogP) is 41.4. The summed E-state index contributed by atoms with van der Waals surface area (Å²) in [6.45, 7) is 0. The number of halogens is 3. The Kier molecular flexibility index (Phi) is 30.2. The molecule has 0 atom stereocenters. The van der Waals surface area contributed by atoms with Crippen molar-refractivity contribution in [2.24, 2.45) is 0 Å². The van der Waals surface area contributed by atoms with Crippen LogP contribution in [0.2, 0.25) is 0 Å². The molecule has 0 amide bonds. The molecule has 6 nitrogen and oxygen atoms in total. The van der Waals surface area contributed by atoms with E-state index in [9.17, 15) is 0 Å². The van der Waals surface area contributed by atoms with Gasteiger partial charge in [-0.25, -0.2) is 0 Å². The van der Waals surface area contributed by atoms with Crippen LogP contribution in [0, 0.1) is 0 Å². The summed E-state index contributed by atoms with van der Waals surface area (Å²) in [6, 6.07) is 201. The van der Waals surface area contributed by atoms with Crippen LogP contribution in [-0.4, -0.2) is 0 Å². The lowest BCUT2D eigenvalue weighted by atomic mass is 10.0. The molecular formula is C133H105Br3N6. The Morgan fingerprint density at radius 2 is 0.232 bits per heavy atom. The van der Waals surface area contributed by atoms with Gasteiger partial charge in [0.25, 0.3) is 0 Å². The van der Waals surface area contributed by atoms with Crippen LogP contribution in [-0.2, 0) is 0 Å². The quantitative estimate of drug-likeness (QED) is 0.0669. The highest BCUT2D eigenvalue weighted by molar-refractivity contribution is 9.11. The lowest BCUT2D eigenvalue weighted by Gasteiger charge is -2.30.